The highest BCUT2D eigenvalue weighted by Gasteiger charge is 2.05. The molecule has 82 valence electrons. The van der Waals surface area contributed by atoms with E-state index in [1.54, 1.807) is 25.3 Å². The SMILES string of the molecule is COCOc1cc(OC)cc(C(C)=O)c1. The van der Waals surface area contributed by atoms with Gasteiger partial charge in [0.2, 0.25) is 0 Å². The van der Waals surface area contributed by atoms with E-state index >= 15 is 0 Å². The second kappa shape index (κ2) is 5.36. The lowest BCUT2D eigenvalue weighted by Crippen LogP contribution is -2.01. The first-order chi connectivity index (χ1) is 7.17. The molecular weight excluding hydrogens is 196 g/mol. The van der Waals surface area contributed by atoms with Gasteiger partial charge < -0.3 is 14.2 Å². The number of hydrogen-bond acceptors (Lipinski definition) is 4. The first-order valence-electron chi connectivity index (χ1n) is 4.49. The molecule has 0 aromatic heterocycles. The summed E-state index contributed by atoms with van der Waals surface area (Å²) >= 11 is 0. The molecule has 1 aromatic rings. The Morgan fingerprint density at radius 2 is 1.87 bits per heavy atom. The summed E-state index contributed by atoms with van der Waals surface area (Å²) in [5.74, 6) is 1.12. The summed E-state index contributed by atoms with van der Waals surface area (Å²) in [4.78, 5) is 11.2. The molecule has 0 aliphatic heterocycles. The first kappa shape index (κ1) is 11.5. The Kier molecular flexibility index (Phi) is 4.12. The molecule has 0 atom stereocenters. The molecule has 0 unspecified atom stereocenters. The van der Waals surface area contributed by atoms with Crippen molar-refractivity contribution in [2.24, 2.45) is 0 Å². The van der Waals surface area contributed by atoms with Crippen LogP contribution in [0.1, 0.15) is 17.3 Å². The summed E-state index contributed by atoms with van der Waals surface area (Å²) in [6.07, 6.45) is 0. The molecule has 0 bridgehead atoms. The number of rotatable bonds is 5. The van der Waals surface area contributed by atoms with Crippen LogP contribution in [0.4, 0.5) is 0 Å². The van der Waals surface area contributed by atoms with Crippen molar-refractivity contribution in [2.45, 2.75) is 6.92 Å². The summed E-state index contributed by atoms with van der Waals surface area (Å²) in [6, 6.07) is 5.03. The average Bonchev–Trinajstić information content (AvgIpc) is 2.25. The first-order valence-corrected chi connectivity index (χ1v) is 4.49. The molecular formula is C11H14O4. The fourth-order valence-electron chi connectivity index (χ4n) is 1.10. The Morgan fingerprint density at radius 1 is 1.20 bits per heavy atom. The average molecular weight is 210 g/mol. The highest BCUT2D eigenvalue weighted by molar-refractivity contribution is 5.94. The van der Waals surface area contributed by atoms with Gasteiger partial charge >= 0.3 is 0 Å². The molecule has 0 amide bonds. The van der Waals surface area contributed by atoms with Gasteiger partial charge in [-0.05, 0) is 19.1 Å². The van der Waals surface area contributed by atoms with Gasteiger partial charge in [-0.25, -0.2) is 0 Å². The van der Waals surface area contributed by atoms with E-state index in [2.05, 4.69) is 0 Å². The van der Waals surface area contributed by atoms with Crippen LogP contribution < -0.4 is 9.47 Å². The summed E-state index contributed by atoms with van der Waals surface area (Å²) < 4.78 is 15.1. The number of ether oxygens (including phenoxy) is 3. The summed E-state index contributed by atoms with van der Waals surface area (Å²) in [5.41, 5.74) is 0.556. The number of methoxy groups -OCH3 is 2. The van der Waals surface area contributed by atoms with Crippen molar-refractivity contribution >= 4 is 5.78 Å². The van der Waals surface area contributed by atoms with Crippen molar-refractivity contribution in [3.05, 3.63) is 23.8 Å². The minimum atomic E-state index is -0.0313. The largest absolute Gasteiger partial charge is 0.497 e. The van der Waals surface area contributed by atoms with E-state index in [1.807, 2.05) is 0 Å². The van der Waals surface area contributed by atoms with Crippen molar-refractivity contribution in [2.75, 3.05) is 21.0 Å². The van der Waals surface area contributed by atoms with Crippen molar-refractivity contribution in [1.82, 2.24) is 0 Å². The molecule has 4 heteroatoms. The zero-order valence-corrected chi connectivity index (χ0v) is 9.07. The van der Waals surface area contributed by atoms with Crippen molar-refractivity contribution in [1.29, 1.82) is 0 Å². The van der Waals surface area contributed by atoms with Crippen molar-refractivity contribution in [3.8, 4) is 11.5 Å². The normalized spacial score (nSPS) is 9.80. The van der Waals surface area contributed by atoms with Gasteiger partial charge in [-0.2, -0.15) is 0 Å². The van der Waals surface area contributed by atoms with Gasteiger partial charge in [0, 0.05) is 18.7 Å². The van der Waals surface area contributed by atoms with E-state index in [1.165, 1.54) is 14.0 Å². The Balaban J connectivity index is 2.95. The molecule has 0 aliphatic carbocycles. The molecule has 0 heterocycles. The number of hydrogen-bond donors (Lipinski definition) is 0. The Bertz CT molecular complexity index is 346. The molecule has 1 aromatic carbocycles. The lowest BCUT2D eigenvalue weighted by atomic mass is 10.1. The number of benzene rings is 1. The quantitative estimate of drug-likeness (QED) is 0.550. The monoisotopic (exact) mass is 210 g/mol. The standard InChI is InChI=1S/C11H14O4/c1-8(12)9-4-10(14-3)6-11(5-9)15-7-13-2/h4-6H,7H2,1-3H3. The summed E-state index contributed by atoms with van der Waals surface area (Å²) in [7, 11) is 3.07. The van der Waals surface area contributed by atoms with E-state index in [0.717, 1.165) is 0 Å². The Morgan fingerprint density at radius 3 is 2.40 bits per heavy atom. The van der Waals surface area contributed by atoms with Gasteiger partial charge in [-0.1, -0.05) is 0 Å². The van der Waals surface area contributed by atoms with Gasteiger partial charge in [0.25, 0.3) is 0 Å². The van der Waals surface area contributed by atoms with E-state index < -0.39 is 0 Å². The second-order valence-electron chi connectivity index (χ2n) is 3.00. The van der Waals surface area contributed by atoms with Crippen molar-refractivity contribution < 1.29 is 19.0 Å². The fraction of sp³-hybridized carbons (Fsp3) is 0.364. The summed E-state index contributed by atoms with van der Waals surface area (Å²) in [5, 5.41) is 0. The van der Waals surface area contributed by atoms with E-state index in [4.69, 9.17) is 14.2 Å². The minimum absolute atomic E-state index is 0.0313. The maximum absolute atomic E-state index is 11.2. The van der Waals surface area contributed by atoms with Crippen LogP contribution in [-0.4, -0.2) is 26.8 Å². The Hall–Kier alpha value is -1.55. The molecule has 0 aliphatic rings. The van der Waals surface area contributed by atoms with E-state index in [-0.39, 0.29) is 12.6 Å². The zero-order valence-electron chi connectivity index (χ0n) is 9.07. The third-order valence-electron chi connectivity index (χ3n) is 1.87. The number of ketones is 1. The predicted octanol–water partition coefficient (Wildman–Crippen LogP) is 1.88. The fourth-order valence-corrected chi connectivity index (χ4v) is 1.10. The molecule has 0 saturated heterocycles. The highest BCUT2D eigenvalue weighted by atomic mass is 16.7. The predicted molar refractivity (Wildman–Crippen MR) is 55.5 cm³/mol. The number of carbonyl (C=O) groups excluding carboxylic acids is 1. The van der Waals surface area contributed by atoms with Gasteiger partial charge in [0.1, 0.15) is 11.5 Å². The second-order valence-corrected chi connectivity index (χ2v) is 3.00. The van der Waals surface area contributed by atoms with E-state index in [0.29, 0.717) is 17.1 Å². The summed E-state index contributed by atoms with van der Waals surface area (Å²) in [6.45, 7) is 1.64. The van der Waals surface area contributed by atoms with E-state index in [9.17, 15) is 4.79 Å². The lowest BCUT2D eigenvalue weighted by Gasteiger charge is -2.08. The molecule has 1 rings (SSSR count). The number of Topliss-reactive ketones (excluding diaryl/α,β-unsaturated/α-hetero) is 1. The highest BCUT2D eigenvalue weighted by Crippen LogP contribution is 2.23. The molecule has 0 N–H and O–H groups in total. The van der Waals surface area contributed by atoms with Crippen molar-refractivity contribution in [3.63, 3.8) is 0 Å². The van der Waals surface area contributed by atoms with Crippen LogP contribution in [0.3, 0.4) is 0 Å². The molecule has 0 radical (unpaired) electrons. The van der Waals surface area contributed by atoms with Crippen LogP contribution in [0.5, 0.6) is 11.5 Å². The molecule has 15 heavy (non-hydrogen) atoms. The molecule has 0 saturated carbocycles. The smallest absolute Gasteiger partial charge is 0.188 e. The molecule has 4 nitrogen and oxygen atoms in total. The Labute approximate surface area is 88.8 Å². The lowest BCUT2D eigenvalue weighted by molar-refractivity contribution is 0.0509. The van der Waals surface area contributed by atoms with Crippen LogP contribution in [0, 0.1) is 0 Å². The van der Waals surface area contributed by atoms with Gasteiger partial charge in [-0.3, -0.25) is 4.79 Å². The topological polar surface area (TPSA) is 44.8 Å². The zero-order chi connectivity index (χ0) is 11.3. The number of carbonyl (C=O) groups is 1. The molecule has 0 fully saturated rings. The van der Waals surface area contributed by atoms with Crippen LogP contribution in [0.15, 0.2) is 18.2 Å². The third kappa shape index (κ3) is 3.25. The van der Waals surface area contributed by atoms with Gasteiger partial charge in [0.05, 0.1) is 7.11 Å². The third-order valence-corrected chi connectivity index (χ3v) is 1.87. The maximum Gasteiger partial charge on any atom is 0.188 e. The van der Waals surface area contributed by atoms with Gasteiger partial charge in [0.15, 0.2) is 12.6 Å². The van der Waals surface area contributed by atoms with Crippen LogP contribution in [0.2, 0.25) is 0 Å². The van der Waals surface area contributed by atoms with Crippen LogP contribution in [0.25, 0.3) is 0 Å². The minimum Gasteiger partial charge on any atom is -0.497 e. The molecule has 0 spiro atoms. The van der Waals surface area contributed by atoms with Gasteiger partial charge in [-0.15, -0.1) is 0 Å². The van der Waals surface area contributed by atoms with Crippen LogP contribution >= 0.6 is 0 Å². The maximum atomic E-state index is 11.2. The van der Waals surface area contributed by atoms with Crippen LogP contribution in [-0.2, 0) is 4.74 Å².